The van der Waals surface area contributed by atoms with E-state index in [1.54, 1.807) is 18.6 Å². The molecule has 110 valence electrons. The van der Waals surface area contributed by atoms with Crippen LogP contribution in [-0.4, -0.2) is 28.0 Å². The van der Waals surface area contributed by atoms with Crippen LogP contribution in [0.3, 0.4) is 0 Å². The summed E-state index contributed by atoms with van der Waals surface area (Å²) in [6.45, 7) is 0.495. The van der Waals surface area contributed by atoms with Crippen molar-refractivity contribution in [1.29, 1.82) is 0 Å². The average molecular weight is 302 g/mol. The van der Waals surface area contributed by atoms with E-state index < -0.39 is 0 Å². The van der Waals surface area contributed by atoms with Gasteiger partial charge in [0.1, 0.15) is 9.88 Å². The zero-order valence-electron chi connectivity index (χ0n) is 11.7. The molecule has 0 radical (unpaired) electrons. The predicted molar refractivity (Wildman–Crippen MR) is 83.1 cm³/mol. The number of rotatable bonds is 4. The van der Waals surface area contributed by atoms with Crippen LogP contribution in [0.25, 0.3) is 10.6 Å². The minimum atomic E-state index is -0.224. The minimum Gasteiger partial charge on any atom is -0.345 e. The Morgan fingerprint density at radius 2 is 2.05 bits per heavy atom. The summed E-state index contributed by atoms with van der Waals surface area (Å²) in [5, 5.41) is 3.95. The monoisotopic (exact) mass is 302 g/mol. The van der Waals surface area contributed by atoms with E-state index in [2.05, 4.69) is 15.3 Å². The number of nitrogens with one attached hydrogen (secondary N) is 1. The molecule has 0 aromatic carbocycles. The molecule has 1 aliphatic rings. The van der Waals surface area contributed by atoms with Crippen molar-refractivity contribution >= 4 is 17.2 Å². The normalized spacial score (nSPS) is 16.8. The Kier molecular flexibility index (Phi) is 3.98. The number of nitrogens with zero attached hydrogens (tertiary/aromatic N) is 2. The number of aromatic nitrogens is 2. The summed E-state index contributed by atoms with van der Waals surface area (Å²) in [7, 11) is 0. The van der Waals surface area contributed by atoms with Gasteiger partial charge in [-0.2, -0.15) is 0 Å². The van der Waals surface area contributed by atoms with Crippen LogP contribution >= 0.6 is 11.3 Å². The molecule has 0 aliphatic heterocycles. The van der Waals surface area contributed by atoms with Crippen molar-refractivity contribution in [2.24, 2.45) is 5.73 Å². The van der Waals surface area contributed by atoms with E-state index in [-0.39, 0.29) is 11.4 Å². The fourth-order valence-corrected chi connectivity index (χ4v) is 3.56. The van der Waals surface area contributed by atoms with Crippen molar-refractivity contribution in [2.45, 2.75) is 31.2 Å². The Hall–Kier alpha value is -1.79. The van der Waals surface area contributed by atoms with Crippen molar-refractivity contribution in [2.75, 3.05) is 6.54 Å². The SMILES string of the molecule is NCC1(NC(=O)c2cnc(-c3ccncc3)s2)CCCC1. The van der Waals surface area contributed by atoms with Crippen LogP contribution in [0, 0.1) is 0 Å². The molecule has 3 rings (SSSR count). The molecule has 5 nitrogen and oxygen atoms in total. The van der Waals surface area contributed by atoms with Gasteiger partial charge in [-0.25, -0.2) is 4.98 Å². The lowest BCUT2D eigenvalue weighted by atomic mass is 9.98. The number of hydrogen-bond acceptors (Lipinski definition) is 5. The van der Waals surface area contributed by atoms with Gasteiger partial charge in [0.25, 0.3) is 5.91 Å². The van der Waals surface area contributed by atoms with E-state index in [1.165, 1.54) is 11.3 Å². The molecule has 1 amide bonds. The quantitative estimate of drug-likeness (QED) is 0.907. The lowest BCUT2D eigenvalue weighted by Crippen LogP contribution is -2.51. The summed E-state index contributed by atoms with van der Waals surface area (Å²) in [6.07, 6.45) is 9.26. The molecule has 6 heteroatoms. The van der Waals surface area contributed by atoms with Crippen LogP contribution in [0.4, 0.5) is 0 Å². The Bertz CT molecular complexity index is 620. The molecular weight excluding hydrogens is 284 g/mol. The smallest absolute Gasteiger partial charge is 0.263 e. The fraction of sp³-hybridized carbons (Fsp3) is 0.400. The second-order valence-corrected chi connectivity index (χ2v) is 6.44. The number of thiazole rings is 1. The van der Waals surface area contributed by atoms with E-state index in [0.717, 1.165) is 36.3 Å². The van der Waals surface area contributed by atoms with Gasteiger partial charge < -0.3 is 11.1 Å². The maximum Gasteiger partial charge on any atom is 0.263 e. The van der Waals surface area contributed by atoms with Crippen LogP contribution in [0.1, 0.15) is 35.4 Å². The Morgan fingerprint density at radius 3 is 2.71 bits per heavy atom. The first-order valence-electron chi connectivity index (χ1n) is 7.11. The lowest BCUT2D eigenvalue weighted by molar-refractivity contribution is 0.0907. The van der Waals surface area contributed by atoms with Gasteiger partial charge in [0.2, 0.25) is 0 Å². The van der Waals surface area contributed by atoms with Gasteiger partial charge in [-0.3, -0.25) is 9.78 Å². The summed E-state index contributed by atoms with van der Waals surface area (Å²) in [5.74, 6) is -0.0693. The highest BCUT2D eigenvalue weighted by molar-refractivity contribution is 7.16. The zero-order valence-corrected chi connectivity index (χ0v) is 12.5. The van der Waals surface area contributed by atoms with Gasteiger partial charge in [0, 0.05) is 24.5 Å². The van der Waals surface area contributed by atoms with Crippen LogP contribution in [0.2, 0.25) is 0 Å². The highest BCUT2D eigenvalue weighted by atomic mass is 32.1. The minimum absolute atomic E-state index is 0.0693. The number of nitrogens with two attached hydrogens (primary N) is 1. The molecule has 0 atom stereocenters. The van der Waals surface area contributed by atoms with E-state index in [9.17, 15) is 4.79 Å². The number of carbonyl (C=O) groups is 1. The molecule has 1 saturated carbocycles. The number of pyridine rings is 1. The highest BCUT2D eigenvalue weighted by Crippen LogP contribution is 2.30. The molecule has 1 aliphatic carbocycles. The number of hydrogen-bond donors (Lipinski definition) is 2. The molecule has 2 aromatic heterocycles. The third-order valence-corrected chi connectivity index (χ3v) is 5.03. The molecule has 21 heavy (non-hydrogen) atoms. The Balaban J connectivity index is 1.75. The summed E-state index contributed by atoms with van der Waals surface area (Å²) in [4.78, 5) is 21.3. The van der Waals surface area contributed by atoms with Gasteiger partial charge in [0.05, 0.1) is 11.7 Å². The zero-order chi connectivity index (χ0) is 14.7. The maximum absolute atomic E-state index is 12.4. The third kappa shape index (κ3) is 2.96. The van der Waals surface area contributed by atoms with Crippen molar-refractivity contribution in [3.05, 3.63) is 35.6 Å². The fourth-order valence-electron chi connectivity index (χ4n) is 2.74. The summed E-state index contributed by atoms with van der Waals surface area (Å²) >= 11 is 1.39. The Morgan fingerprint density at radius 1 is 1.33 bits per heavy atom. The molecule has 0 saturated heterocycles. The summed E-state index contributed by atoms with van der Waals surface area (Å²) in [6, 6.07) is 3.78. The van der Waals surface area contributed by atoms with Gasteiger partial charge in [-0.05, 0) is 25.0 Å². The largest absolute Gasteiger partial charge is 0.345 e. The van der Waals surface area contributed by atoms with Gasteiger partial charge in [-0.15, -0.1) is 11.3 Å². The van der Waals surface area contributed by atoms with E-state index >= 15 is 0 Å². The average Bonchev–Trinajstić information content (AvgIpc) is 3.18. The second-order valence-electron chi connectivity index (χ2n) is 5.41. The van der Waals surface area contributed by atoms with Crippen molar-refractivity contribution < 1.29 is 4.79 Å². The van der Waals surface area contributed by atoms with Crippen molar-refractivity contribution in [3.63, 3.8) is 0 Å². The van der Waals surface area contributed by atoms with Crippen molar-refractivity contribution in [3.8, 4) is 10.6 Å². The molecule has 2 heterocycles. The van der Waals surface area contributed by atoms with Crippen LogP contribution in [0.5, 0.6) is 0 Å². The predicted octanol–water partition coefficient (Wildman–Crippen LogP) is 2.21. The van der Waals surface area contributed by atoms with Crippen LogP contribution < -0.4 is 11.1 Å². The van der Waals surface area contributed by atoms with Crippen molar-refractivity contribution in [1.82, 2.24) is 15.3 Å². The topological polar surface area (TPSA) is 80.9 Å². The first-order valence-corrected chi connectivity index (χ1v) is 7.93. The third-order valence-electron chi connectivity index (χ3n) is 3.99. The molecule has 0 spiro atoms. The van der Waals surface area contributed by atoms with Crippen LogP contribution in [-0.2, 0) is 0 Å². The maximum atomic E-state index is 12.4. The van der Waals surface area contributed by atoms with Gasteiger partial charge in [0.15, 0.2) is 0 Å². The standard InChI is InChI=1S/C15H18N4OS/c16-10-15(5-1-2-6-15)19-13(20)12-9-18-14(21-12)11-3-7-17-8-4-11/h3-4,7-9H,1-2,5-6,10,16H2,(H,19,20). The van der Waals surface area contributed by atoms with Gasteiger partial charge in [-0.1, -0.05) is 12.8 Å². The second kappa shape index (κ2) is 5.91. The van der Waals surface area contributed by atoms with Gasteiger partial charge >= 0.3 is 0 Å². The van der Waals surface area contributed by atoms with E-state index in [4.69, 9.17) is 5.73 Å². The molecule has 2 aromatic rings. The Labute approximate surface area is 127 Å². The first kappa shape index (κ1) is 14.2. The summed E-state index contributed by atoms with van der Waals surface area (Å²) < 4.78 is 0. The molecule has 1 fully saturated rings. The molecule has 0 unspecified atom stereocenters. The molecule has 0 bridgehead atoms. The number of amides is 1. The van der Waals surface area contributed by atoms with E-state index in [1.807, 2.05) is 12.1 Å². The first-order chi connectivity index (χ1) is 10.2. The number of carbonyl (C=O) groups excluding carboxylic acids is 1. The highest BCUT2D eigenvalue weighted by Gasteiger charge is 2.34. The molecule has 3 N–H and O–H groups in total. The van der Waals surface area contributed by atoms with Crippen LogP contribution in [0.15, 0.2) is 30.7 Å². The summed E-state index contributed by atoms with van der Waals surface area (Å²) in [5.41, 5.74) is 6.61. The lowest BCUT2D eigenvalue weighted by Gasteiger charge is -2.28. The van der Waals surface area contributed by atoms with E-state index in [0.29, 0.717) is 11.4 Å². The molecular formula is C15H18N4OS.